The van der Waals surface area contributed by atoms with Gasteiger partial charge in [-0.05, 0) is 78.3 Å². The molecule has 0 atom stereocenters. The van der Waals surface area contributed by atoms with E-state index in [9.17, 15) is 8.42 Å². The number of aromatic nitrogens is 1. The second kappa shape index (κ2) is 13.7. The summed E-state index contributed by atoms with van der Waals surface area (Å²) in [5.41, 5.74) is 2.37. The minimum absolute atomic E-state index is 0.0311. The quantitative estimate of drug-likeness (QED) is 0.105. The van der Waals surface area contributed by atoms with Crippen LogP contribution in [0.15, 0.2) is 173 Å². The average Bonchev–Trinajstić information content (AvgIpc) is 3.09. The molecule has 8 heteroatoms. The molecule has 0 fully saturated rings. The molecule has 1 heterocycles. The molecule has 0 amide bonds. The van der Waals surface area contributed by atoms with E-state index in [1.165, 1.54) is 12.1 Å². The van der Waals surface area contributed by atoms with Crippen LogP contribution in [0.1, 0.15) is 11.3 Å². The average molecular weight is 660 g/mol. The lowest BCUT2D eigenvalue weighted by Crippen LogP contribution is -2.37. The summed E-state index contributed by atoms with van der Waals surface area (Å²) in [7, 11) is -4.23. The van der Waals surface area contributed by atoms with E-state index in [2.05, 4.69) is 46.1 Å². The monoisotopic (exact) mass is 659 g/mol. The lowest BCUT2D eigenvalue weighted by atomic mass is 10.2. The molecule has 6 aromatic rings. The van der Waals surface area contributed by atoms with Crippen LogP contribution in [0.4, 0.5) is 5.69 Å². The lowest BCUT2D eigenvalue weighted by molar-refractivity contribution is 0.598. The van der Waals surface area contributed by atoms with Crippen molar-refractivity contribution in [2.75, 3.05) is 5.32 Å². The molecule has 5 nitrogen and oxygen atoms in total. The summed E-state index contributed by atoms with van der Waals surface area (Å²) in [6.07, 6.45) is 1.72. The Morgan fingerprint density at radius 3 is 1.63 bits per heavy atom. The standard InChI is InChI=1S/C38H31ClN3O2PS/c1-29-20-24-31(25-21-29)41-38(42-46(43,44)35-26-22-30(39)23-27-35)37(36-19-11-12-28-40-36)45(32-13-5-2-6-14-32,33-15-7-3-8-16-33)34-17-9-4-10-18-34/h2-28H,1H3,(H,41,42). The number of anilines is 1. The molecule has 46 heavy (non-hydrogen) atoms. The van der Waals surface area contributed by atoms with Crippen molar-refractivity contribution >= 4 is 61.2 Å². The van der Waals surface area contributed by atoms with Crippen LogP contribution in [0.25, 0.3) is 0 Å². The molecule has 0 spiro atoms. The number of halogens is 1. The Balaban J connectivity index is 1.84. The number of nitrogens with zero attached hydrogens (tertiary/aromatic N) is 2. The van der Waals surface area contributed by atoms with Gasteiger partial charge in [-0.15, -0.1) is 4.40 Å². The SMILES string of the molecule is Cc1ccc(N/C(=N\S(=O)(=O)c2ccc(Cl)cc2)C(c2ccccn2)=P(c2ccccc2)(c2ccccc2)c2ccccc2)cc1. The first kappa shape index (κ1) is 31.3. The van der Waals surface area contributed by atoms with E-state index in [-0.39, 0.29) is 10.7 Å². The van der Waals surface area contributed by atoms with Crippen molar-refractivity contribution in [2.45, 2.75) is 11.8 Å². The molecule has 0 saturated heterocycles. The maximum Gasteiger partial charge on any atom is 0.284 e. The van der Waals surface area contributed by atoms with Gasteiger partial charge in [-0.25, -0.2) is 0 Å². The van der Waals surface area contributed by atoms with Crippen LogP contribution < -0.4 is 21.2 Å². The summed E-state index contributed by atoms with van der Waals surface area (Å²) in [5.74, 6) is 0.183. The summed E-state index contributed by atoms with van der Waals surface area (Å²) in [5, 5.41) is 7.63. The first-order valence-electron chi connectivity index (χ1n) is 14.7. The summed E-state index contributed by atoms with van der Waals surface area (Å²) in [6.45, 7) is -0.892. The third kappa shape index (κ3) is 6.47. The summed E-state index contributed by atoms with van der Waals surface area (Å²) in [4.78, 5) is 4.90. The van der Waals surface area contributed by atoms with E-state index < -0.39 is 16.9 Å². The second-order valence-electron chi connectivity index (χ2n) is 10.6. The smallest absolute Gasteiger partial charge is 0.284 e. The van der Waals surface area contributed by atoms with Crippen molar-refractivity contribution in [3.05, 3.63) is 180 Å². The van der Waals surface area contributed by atoms with Crippen molar-refractivity contribution in [1.29, 1.82) is 0 Å². The van der Waals surface area contributed by atoms with E-state index in [0.29, 0.717) is 21.7 Å². The maximum atomic E-state index is 14.2. The summed E-state index contributed by atoms with van der Waals surface area (Å²) in [6, 6.07) is 50.2. The number of hydrogen-bond donors (Lipinski definition) is 1. The Kier molecular flexibility index (Phi) is 9.32. The Morgan fingerprint density at radius 2 is 1.15 bits per heavy atom. The van der Waals surface area contributed by atoms with Gasteiger partial charge in [-0.2, -0.15) is 8.42 Å². The molecule has 0 bridgehead atoms. The molecule has 228 valence electrons. The first-order valence-corrected chi connectivity index (χ1v) is 18.3. The predicted octanol–water partition coefficient (Wildman–Crippen LogP) is 7.46. The molecule has 0 aliphatic heterocycles. The molecule has 5 aromatic carbocycles. The highest BCUT2D eigenvalue weighted by Gasteiger charge is 2.35. The van der Waals surface area contributed by atoms with Crippen LogP contribution in [0.3, 0.4) is 0 Å². The molecule has 0 unspecified atom stereocenters. The maximum absolute atomic E-state index is 14.2. The minimum Gasteiger partial charge on any atom is -0.339 e. The van der Waals surface area contributed by atoms with Gasteiger partial charge in [0, 0.05) is 16.9 Å². The van der Waals surface area contributed by atoms with Crippen LogP contribution in [0, 0.1) is 6.92 Å². The van der Waals surface area contributed by atoms with E-state index in [1.807, 2.05) is 104 Å². The number of sulfonamides is 1. The van der Waals surface area contributed by atoms with Crippen LogP contribution >= 0.6 is 18.5 Å². The highest BCUT2D eigenvalue weighted by Crippen LogP contribution is 2.48. The zero-order valence-electron chi connectivity index (χ0n) is 25.0. The van der Waals surface area contributed by atoms with E-state index >= 15 is 0 Å². The number of amidine groups is 1. The number of benzene rings is 5. The highest BCUT2D eigenvalue weighted by atomic mass is 35.5. The number of pyridine rings is 1. The fraction of sp³-hybridized carbons (Fsp3) is 0.0263. The van der Waals surface area contributed by atoms with Crippen LogP contribution in [-0.4, -0.2) is 24.5 Å². The van der Waals surface area contributed by atoms with Gasteiger partial charge in [0.05, 0.1) is 15.9 Å². The first-order chi connectivity index (χ1) is 22.4. The number of nitrogens with one attached hydrogen (secondary N) is 1. The van der Waals surface area contributed by atoms with Gasteiger partial charge in [0.1, 0.15) is 0 Å². The normalized spacial score (nSPS) is 12.0. The summed E-state index contributed by atoms with van der Waals surface area (Å²) >= 11 is 6.13. The predicted molar refractivity (Wildman–Crippen MR) is 194 cm³/mol. The van der Waals surface area contributed by atoms with Crippen molar-refractivity contribution in [2.24, 2.45) is 4.40 Å². The third-order valence-electron chi connectivity index (χ3n) is 7.53. The van der Waals surface area contributed by atoms with Gasteiger partial charge >= 0.3 is 0 Å². The lowest BCUT2D eigenvalue weighted by Gasteiger charge is -2.33. The van der Waals surface area contributed by atoms with Crippen LogP contribution in [0.2, 0.25) is 5.02 Å². The zero-order valence-corrected chi connectivity index (χ0v) is 27.5. The van der Waals surface area contributed by atoms with Gasteiger partial charge in [-0.1, -0.05) is 126 Å². The molecule has 1 N–H and O–H groups in total. The largest absolute Gasteiger partial charge is 0.339 e. The van der Waals surface area contributed by atoms with Crippen molar-refractivity contribution in [3.63, 3.8) is 0 Å². The van der Waals surface area contributed by atoms with Crippen molar-refractivity contribution in [3.8, 4) is 0 Å². The zero-order chi connectivity index (χ0) is 32.0. The third-order valence-corrected chi connectivity index (χ3v) is 13.4. The Bertz CT molecular complexity index is 2020. The van der Waals surface area contributed by atoms with Crippen LogP contribution in [-0.2, 0) is 10.0 Å². The van der Waals surface area contributed by atoms with Gasteiger partial charge in [-0.3, -0.25) is 4.98 Å². The highest BCUT2D eigenvalue weighted by molar-refractivity contribution is 7.97. The molecule has 6 rings (SSSR count). The van der Waals surface area contributed by atoms with Crippen LogP contribution in [0.5, 0.6) is 0 Å². The Labute approximate surface area is 275 Å². The molecular weight excluding hydrogens is 629 g/mol. The second-order valence-corrected chi connectivity index (χ2v) is 16.0. The molecule has 0 radical (unpaired) electrons. The fourth-order valence-electron chi connectivity index (χ4n) is 5.42. The molecule has 0 saturated carbocycles. The molecule has 1 aromatic heterocycles. The van der Waals surface area contributed by atoms with Crippen molar-refractivity contribution in [1.82, 2.24) is 4.98 Å². The van der Waals surface area contributed by atoms with E-state index in [4.69, 9.17) is 16.6 Å². The van der Waals surface area contributed by atoms with E-state index in [1.54, 1.807) is 18.3 Å². The van der Waals surface area contributed by atoms with Gasteiger partial charge < -0.3 is 5.32 Å². The molecular formula is C38H31ClN3O2PS. The number of aryl methyl sites for hydroxylation is 1. The number of rotatable bonds is 8. The van der Waals surface area contributed by atoms with Gasteiger partial charge in [0.2, 0.25) is 0 Å². The summed E-state index contributed by atoms with van der Waals surface area (Å²) < 4.78 is 33.0. The van der Waals surface area contributed by atoms with E-state index in [0.717, 1.165) is 21.5 Å². The molecule has 0 aliphatic carbocycles. The fourth-order valence-corrected chi connectivity index (χ4v) is 11.0. The van der Waals surface area contributed by atoms with Crippen molar-refractivity contribution < 1.29 is 8.42 Å². The Morgan fingerprint density at radius 1 is 0.652 bits per heavy atom. The topological polar surface area (TPSA) is 71.4 Å². The van der Waals surface area contributed by atoms with Gasteiger partial charge in [0.15, 0.2) is 5.84 Å². The van der Waals surface area contributed by atoms with Gasteiger partial charge in [0.25, 0.3) is 10.0 Å². The Hall–Kier alpha value is -4.74. The minimum atomic E-state index is -4.23. The molecule has 0 aliphatic rings. The number of hydrogen-bond acceptors (Lipinski definition) is 3.